The van der Waals surface area contributed by atoms with Gasteiger partial charge in [-0.3, -0.25) is 4.79 Å². The van der Waals surface area contributed by atoms with Crippen molar-refractivity contribution in [3.05, 3.63) is 48.2 Å². The quantitative estimate of drug-likeness (QED) is 0.300. The Bertz CT molecular complexity index is 994. The molecule has 1 saturated carbocycles. The van der Waals surface area contributed by atoms with Crippen molar-refractivity contribution in [2.24, 2.45) is 5.41 Å². The Hall–Kier alpha value is -2.34. The number of benzene rings is 1. The lowest BCUT2D eigenvalue weighted by atomic mass is 9.85. The lowest BCUT2D eigenvalue weighted by Gasteiger charge is -2.38. The number of amides is 1. The highest BCUT2D eigenvalue weighted by atomic mass is 32.1. The van der Waals surface area contributed by atoms with Crippen molar-refractivity contribution in [2.75, 3.05) is 13.6 Å². The first-order valence-electron chi connectivity index (χ1n) is 13.7. The summed E-state index contributed by atoms with van der Waals surface area (Å²) in [4.78, 5) is 15.2. The summed E-state index contributed by atoms with van der Waals surface area (Å²) in [6.07, 6.45) is 7.87. The van der Waals surface area contributed by atoms with Gasteiger partial charge in [0, 0.05) is 31.0 Å². The van der Waals surface area contributed by atoms with Crippen molar-refractivity contribution in [3.8, 4) is 11.3 Å². The summed E-state index contributed by atoms with van der Waals surface area (Å²) in [6, 6.07) is 15.2. The smallest absolute Gasteiger partial charge is 0.245 e. The molecule has 1 aromatic carbocycles. The molecule has 1 heterocycles. The molecule has 2 aromatic rings. The molecule has 36 heavy (non-hydrogen) atoms. The van der Waals surface area contributed by atoms with Crippen molar-refractivity contribution in [3.63, 3.8) is 0 Å². The van der Waals surface area contributed by atoms with Gasteiger partial charge in [-0.15, -0.1) is 0 Å². The van der Waals surface area contributed by atoms with E-state index in [9.17, 15) is 4.79 Å². The van der Waals surface area contributed by atoms with Gasteiger partial charge >= 0.3 is 0 Å². The molecule has 2 N–H and O–H groups in total. The number of aromatic nitrogens is 1. The van der Waals surface area contributed by atoms with Crippen molar-refractivity contribution >= 4 is 23.2 Å². The van der Waals surface area contributed by atoms with E-state index in [1.807, 2.05) is 11.9 Å². The molecule has 3 rings (SSSR count). The van der Waals surface area contributed by atoms with Gasteiger partial charge in [0.15, 0.2) is 5.11 Å². The molecule has 0 saturated heterocycles. The van der Waals surface area contributed by atoms with Crippen LogP contribution in [0.2, 0.25) is 0 Å². The van der Waals surface area contributed by atoms with Gasteiger partial charge in [-0.2, -0.15) is 0 Å². The van der Waals surface area contributed by atoms with Gasteiger partial charge in [0.1, 0.15) is 6.04 Å². The van der Waals surface area contributed by atoms with Gasteiger partial charge in [-0.25, -0.2) is 0 Å². The summed E-state index contributed by atoms with van der Waals surface area (Å²) in [6.45, 7) is 11.5. The molecular weight excluding hydrogens is 464 g/mol. The molecule has 0 bridgehead atoms. The number of carbonyl (C=O) groups is 1. The van der Waals surface area contributed by atoms with E-state index in [1.165, 1.54) is 29.8 Å². The van der Waals surface area contributed by atoms with E-state index >= 15 is 0 Å². The number of aryl methyl sites for hydroxylation is 1. The van der Waals surface area contributed by atoms with Crippen LogP contribution >= 0.6 is 12.2 Å². The van der Waals surface area contributed by atoms with Gasteiger partial charge in [0.2, 0.25) is 5.91 Å². The summed E-state index contributed by atoms with van der Waals surface area (Å²) >= 11 is 5.83. The Morgan fingerprint density at radius 1 is 1.11 bits per heavy atom. The molecule has 0 unspecified atom stereocenters. The largest absolute Gasteiger partial charge is 0.358 e. The van der Waals surface area contributed by atoms with Crippen molar-refractivity contribution in [2.45, 2.75) is 97.7 Å². The molecule has 1 fully saturated rings. The predicted molar refractivity (Wildman–Crippen MR) is 155 cm³/mol. The van der Waals surface area contributed by atoms with Crippen molar-refractivity contribution in [1.29, 1.82) is 0 Å². The first-order chi connectivity index (χ1) is 17.1. The maximum absolute atomic E-state index is 13.4. The number of rotatable bonds is 9. The van der Waals surface area contributed by atoms with Crippen molar-refractivity contribution < 1.29 is 4.79 Å². The molecule has 0 spiro atoms. The monoisotopic (exact) mass is 510 g/mol. The molecule has 1 amide bonds. The number of carbonyl (C=O) groups excluding carboxylic acids is 1. The van der Waals surface area contributed by atoms with E-state index in [1.54, 1.807) is 0 Å². The fourth-order valence-electron chi connectivity index (χ4n) is 5.34. The number of thiocarbonyl (C=S) groups is 1. The summed E-state index contributed by atoms with van der Waals surface area (Å²) in [5.41, 5.74) is 3.50. The molecule has 5 nitrogen and oxygen atoms in total. The zero-order valence-corrected chi connectivity index (χ0v) is 24.0. The van der Waals surface area contributed by atoms with E-state index in [0.717, 1.165) is 38.6 Å². The van der Waals surface area contributed by atoms with Gasteiger partial charge in [-0.1, -0.05) is 83.7 Å². The molecule has 198 valence electrons. The van der Waals surface area contributed by atoms with E-state index < -0.39 is 0 Å². The normalized spacial score (nSPS) is 18.9. The minimum absolute atomic E-state index is 0.107. The Morgan fingerprint density at radius 3 is 2.47 bits per heavy atom. The van der Waals surface area contributed by atoms with E-state index in [0.29, 0.717) is 11.2 Å². The summed E-state index contributed by atoms with van der Waals surface area (Å²) < 4.78 is 2.49. The molecule has 0 radical (unpaired) electrons. The number of likely N-dealkylation sites (N-methyl/N-ethyl adjacent to an activating group) is 1. The molecule has 0 aliphatic heterocycles. The Balaban J connectivity index is 1.75. The third kappa shape index (κ3) is 7.12. The zero-order valence-electron chi connectivity index (χ0n) is 23.1. The maximum atomic E-state index is 13.4. The SMILES string of the molecule is CCCCCN(C)C(=O)[C@@H](NC(=S)N[C@@H]1CCCC[C@H]1n1c(C)ccc1-c1ccccc1)C(C)(C)C. The predicted octanol–water partition coefficient (Wildman–Crippen LogP) is 6.47. The third-order valence-corrected chi connectivity index (χ3v) is 7.67. The second kappa shape index (κ2) is 12.8. The molecule has 1 aliphatic rings. The molecular formula is C30H46N4OS. The summed E-state index contributed by atoms with van der Waals surface area (Å²) in [5, 5.41) is 7.64. The van der Waals surface area contributed by atoms with Gasteiger partial charge < -0.3 is 20.1 Å². The van der Waals surface area contributed by atoms with E-state index in [-0.39, 0.29) is 23.4 Å². The van der Waals surface area contributed by atoms with Crippen LogP contribution in [0, 0.1) is 12.3 Å². The average Bonchev–Trinajstić information content (AvgIpc) is 3.23. The minimum atomic E-state index is -0.376. The third-order valence-electron chi connectivity index (χ3n) is 7.43. The fourth-order valence-corrected chi connectivity index (χ4v) is 5.61. The highest BCUT2D eigenvalue weighted by molar-refractivity contribution is 7.80. The Labute approximate surface area is 224 Å². The second-order valence-corrected chi connectivity index (χ2v) is 11.8. The van der Waals surface area contributed by atoms with Crippen LogP contribution < -0.4 is 10.6 Å². The maximum Gasteiger partial charge on any atom is 0.245 e. The van der Waals surface area contributed by atoms with Crippen LogP contribution in [0.3, 0.4) is 0 Å². The standard InChI is InChI=1S/C30H46N4OS/c1-7-8-14-21-33(6)28(35)27(30(3,4)5)32-29(36)31-24-17-12-13-18-26(24)34-22(2)19-20-25(34)23-15-10-9-11-16-23/h9-11,15-16,19-20,24,26-27H,7-8,12-14,17-18,21H2,1-6H3,(H2,31,32,36)/t24-,26-,27-/m1/s1. The van der Waals surface area contributed by atoms with E-state index in [2.05, 4.69) is 92.3 Å². The highest BCUT2D eigenvalue weighted by Crippen LogP contribution is 2.35. The number of hydrogen-bond donors (Lipinski definition) is 2. The van der Waals surface area contributed by atoms with Crippen LogP contribution in [-0.2, 0) is 4.79 Å². The molecule has 6 heteroatoms. The van der Waals surface area contributed by atoms with Gasteiger partial charge in [0.25, 0.3) is 0 Å². The van der Waals surface area contributed by atoms with E-state index in [4.69, 9.17) is 12.2 Å². The van der Waals surface area contributed by atoms with Gasteiger partial charge in [-0.05, 0) is 61.5 Å². The second-order valence-electron chi connectivity index (χ2n) is 11.4. The molecule has 1 aromatic heterocycles. The Morgan fingerprint density at radius 2 is 1.81 bits per heavy atom. The lowest BCUT2D eigenvalue weighted by Crippen LogP contribution is -2.58. The zero-order chi connectivity index (χ0) is 26.3. The molecule has 3 atom stereocenters. The average molecular weight is 511 g/mol. The van der Waals surface area contributed by atoms with Crippen LogP contribution in [0.15, 0.2) is 42.5 Å². The molecule has 1 aliphatic carbocycles. The van der Waals surface area contributed by atoms with Crippen LogP contribution in [-0.4, -0.2) is 46.2 Å². The van der Waals surface area contributed by atoms with Crippen LogP contribution in [0.5, 0.6) is 0 Å². The number of nitrogens with one attached hydrogen (secondary N) is 2. The topological polar surface area (TPSA) is 49.3 Å². The number of nitrogens with zero attached hydrogens (tertiary/aromatic N) is 2. The van der Waals surface area contributed by atoms with Crippen LogP contribution in [0.1, 0.15) is 84.4 Å². The van der Waals surface area contributed by atoms with Crippen molar-refractivity contribution in [1.82, 2.24) is 20.1 Å². The lowest BCUT2D eigenvalue weighted by molar-refractivity contribution is -0.134. The highest BCUT2D eigenvalue weighted by Gasteiger charge is 2.35. The number of unbranched alkanes of at least 4 members (excludes halogenated alkanes) is 2. The van der Waals surface area contributed by atoms with Crippen LogP contribution in [0.4, 0.5) is 0 Å². The summed E-state index contributed by atoms with van der Waals surface area (Å²) in [5.74, 6) is 0.107. The first-order valence-corrected chi connectivity index (χ1v) is 14.1. The Kier molecular flexibility index (Phi) is 10.0. The minimum Gasteiger partial charge on any atom is -0.358 e. The van der Waals surface area contributed by atoms with Crippen LogP contribution in [0.25, 0.3) is 11.3 Å². The number of hydrogen-bond acceptors (Lipinski definition) is 2. The fraction of sp³-hybridized carbons (Fsp3) is 0.600. The first kappa shape index (κ1) is 28.2. The summed E-state index contributed by atoms with van der Waals surface area (Å²) in [7, 11) is 1.91. The van der Waals surface area contributed by atoms with Gasteiger partial charge in [0.05, 0.1) is 6.04 Å².